The van der Waals surface area contributed by atoms with Crippen LogP contribution in [0.2, 0.25) is 5.02 Å². The number of carbonyl (C=O) groups is 2. The number of hydrogen-bond acceptors (Lipinski definition) is 3. The number of nitrogens with zero attached hydrogens (tertiary/aromatic N) is 2. The van der Waals surface area contributed by atoms with Crippen LogP contribution in [0.3, 0.4) is 0 Å². The summed E-state index contributed by atoms with van der Waals surface area (Å²) in [6, 6.07) is 6.90. The van der Waals surface area contributed by atoms with Crippen LogP contribution < -0.4 is 10.6 Å². The zero-order chi connectivity index (χ0) is 16.4. The van der Waals surface area contributed by atoms with E-state index in [0.29, 0.717) is 30.0 Å². The van der Waals surface area contributed by atoms with Crippen LogP contribution in [0.25, 0.3) is 5.69 Å². The van der Waals surface area contributed by atoms with Crippen molar-refractivity contribution < 1.29 is 9.59 Å². The van der Waals surface area contributed by atoms with E-state index in [1.54, 1.807) is 16.9 Å². The predicted octanol–water partition coefficient (Wildman–Crippen LogP) is 2.31. The fourth-order valence-electron chi connectivity index (χ4n) is 2.68. The third-order valence-corrected chi connectivity index (χ3v) is 4.06. The minimum absolute atomic E-state index is 0.0875. The van der Waals surface area contributed by atoms with E-state index in [4.69, 9.17) is 11.6 Å². The number of benzene rings is 1. The first-order chi connectivity index (χ1) is 11.1. The number of hydrogen-bond donors (Lipinski definition) is 2. The van der Waals surface area contributed by atoms with Gasteiger partial charge in [0.05, 0.1) is 23.3 Å². The summed E-state index contributed by atoms with van der Waals surface area (Å²) in [4.78, 5) is 23.5. The standard InChI is InChI=1S/C16H17ClN4O2/c1-2-14-13(20-16(23)12-6-7-15(22)19-12)9-18-21(14)11-5-3-4-10(17)8-11/h3-5,8-9,12H,2,6-7H2,1H3,(H,19,22)(H,20,23)/t12-/m1/s1. The van der Waals surface area contributed by atoms with Gasteiger partial charge >= 0.3 is 0 Å². The maximum absolute atomic E-state index is 12.2. The molecule has 1 aliphatic rings. The number of rotatable bonds is 4. The second-order valence-corrected chi connectivity index (χ2v) is 5.83. The molecule has 1 atom stereocenters. The average molecular weight is 333 g/mol. The molecular weight excluding hydrogens is 316 g/mol. The van der Waals surface area contributed by atoms with E-state index < -0.39 is 6.04 Å². The minimum Gasteiger partial charge on any atom is -0.344 e. The monoisotopic (exact) mass is 332 g/mol. The molecule has 1 aromatic carbocycles. The van der Waals surface area contributed by atoms with E-state index >= 15 is 0 Å². The van der Waals surface area contributed by atoms with Gasteiger partial charge in [0.1, 0.15) is 6.04 Å². The zero-order valence-electron chi connectivity index (χ0n) is 12.7. The number of amides is 2. The van der Waals surface area contributed by atoms with Crippen molar-refractivity contribution in [1.82, 2.24) is 15.1 Å². The summed E-state index contributed by atoms with van der Waals surface area (Å²) in [5.74, 6) is -0.299. The lowest BCUT2D eigenvalue weighted by Gasteiger charge is -2.12. The zero-order valence-corrected chi connectivity index (χ0v) is 13.4. The average Bonchev–Trinajstić information content (AvgIpc) is 3.13. The Morgan fingerprint density at radius 3 is 3.00 bits per heavy atom. The second kappa shape index (κ2) is 6.42. The Hall–Kier alpha value is -2.34. The minimum atomic E-state index is -0.471. The van der Waals surface area contributed by atoms with Crippen LogP contribution in [0.4, 0.5) is 5.69 Å². The molecule has 2 aromatic rings. The second-order valence-electron chi connectivity index (χ2n) is 5.40. The molecule has 0 aliphatic carbocycles. The summed E-state index contributed by atoms with van der Waals surface area (Å²) in [5.41, 5.74) is 2.37. The van der Waals surface area contributed by atoms with Crippen LogP contribution in [0, 0.1) is 0 Å². The summed E-state index contributed by atoms with van der Waals surface area (Å²) in [6.45, 7) is 1.99. The Balaban J connectivity index is 1.84. The summed E-state index contributed by atoms with van der Waals surface area (Å²) < 4.78 is 1.76. The lowest BCUT2D eigenvalue weighted by molar-refractivity contribution is -0.122. The molecule has 2 heterocycles. The smallest absolute Gasteiger partial charge is 0.247 e. The molecule has 2 N–H and O–H groups in total. The van der Waals surface area contributed by atoms with Crippen molar-refractivity contribution in [2.75, 3.05) is 5.32 Å². The van der Waals surface area contributed by atoms with Gasteiger partial charge in [0.15, 0.2) is 0 Å². The topological polar surface area (TPSA) is 76.0 Å². The highest BCUT2D eigenvalue weighted by Gasteiger charge is 2.28. The third kappa shape index (κ3) is 3.22. The molecule has 7 heteroatoms. The summed E-state index contributed by atoms with van der Waals surface area (Å²) in [5, 5.41) is 10.5. The van der Waals surface area contributed by atoms with Gasteiger partial charge in [0, 0.05) is 11.4 Å². The number of aromatic nitrogens is 2. The van der Waals surface area contributed by atoms with Crippen molar-refractivity contribution in [3.63, 3.8) is 0 Å². The molecule has 1 saturated heterocycles. The maximum Gasteiger partial charge on any atom is 0.247 e. The number of anilines is 1. The van der Waals surface area contributed by atoms with Crippen molar-refractivity contribution in [3.05, 3.63) is 41.2 Å². The van der Waals surface area contributed by atoms with E-state index in [2.05, 4.69) is 15.7 Å². The Morgan fingerprint density at radius 2 is 2.35 bits per heavy atom. The molecular formula is C16H17ClN4O2. The van der Waals surface area contributed by atoms with E-state index in [1.807, 2.05) is 25.1 Å². The summed E-state index contributed by atoms with van der Waals surface area (Å²) in [7, 11) is 0. The molecule has 0 unspecified atom stereocenters. The van der Waals surface area contributed by atoms with Gasteiger partial charge in [-0.1, -0.05) is 24.6 Å². The van der Waals surface area contributed by atoms with Crippen LogP contribution in [-0.4, -0.2) is 27.6 Å². The Morgan fingerprint density at radius 1 is 1.52 bits per heavy atom. The lowest BCUT2D eigenvalue weighted by Crippen LogP contribution is -2.37. The van der Waals surface area contributed by atoms with E-state index in [1.165, 1.54) is 0 Å². The Kier molecular flexibility index (Phi) is 4.34. The van der Waals surface area contributed by atoms with Crippen LogP contribution >= 0.6 is 11.6 Å². The predicted molar refractivity (Wildman–Crippen MR) is 87.7 cm³/mol. The Bertz CT molecular complexity index is 756. The van der Waals surface area contributed by atoms with Gasteiger partial charge in [0.2, 0.25) is 11.8 Å². The van der Waals surface area contributed by atoms with Crippen molar-refractivity contribution in [3.8, 4) is 5.69 Å². The van der Waals surface area contributed by atoms with Gasteiger partial charge in [0.25, 0.3) is 0 Å². The molecule has 120 valence electrons. The molecule has 0 bridgehead atoms. The molecule has 1 aliphatic heterocycles. The maximum atomic E-state index is 12.2. The van der Waals surface area contributed by atoms with Gasteiger partial charge in [-0.3, -0.25) is 9.59 Å². The van der Waals surface area contributed by atoms with E-state index in [-0.39, 0.29) is 11.8 Å². The van der Waals surface area contributed by atoms with Crippen molar-refractivity contribution in [1.29, 1.82) is 0 Å². The van der Waals surface area contributed by atoms with Gasteiger partial charge in [-0.25, -0.2) is 4.68 Å². The van der Waals surface area contributed by atoms with Crippen molar-refractivity contribution in [2.45, 2.75) is 32.2 Å². The van der Waals surface area contributed by atoms with Crippen LogP contribution in [0.5, 0.6) is 0 Å². The highest BCUT2D eigenvalue weighted by atomic mass is 35.5. The first kappa shape index (κ1) is 15.6. The molecule has 6 nitrogen and oxygen atoms in total. The first-order valence-electron chi connectivity index (χ1n) is 7.51. The van der Waals surface area contributed by atoms with E-state index in [0.717, 1.165) is 11.4 Å². The normalized spacial score (nSPS) is 17.1. The summed E-state index contributed by atoms with van der Waals surface area (Å²) >= 11 is 6.03. The number of halogens is 1. The first-order valence-corrected chi connectivity index (χ1v) is 7.89. The van der Waals surface area contributed by atoms with E-state index in [9.17, 15) is 9.59 Å². The third-order valence-electron chi connectivity index (χ3n) is 3.83. The lowest BCUT2D eigenvalue weighted by atomic mass is 10.2. The molecule has 0 spiro atoms. The van der Waals surface area contributed by atoms with Crippen LogP contribution in [0.1, 0.15) is 25.5 Å². The molecule has 0 radical (unpaired) electrons. The fraction of sp³-hybridized carbons (Fsp3) is 0.312. The van der Waals surface area contributed by atoms with Gasteiger partial charge < -0.3 is 10.6 Å². The quantitative estimate of drug-likeness (QED) is 0.902. The molecule has 1 fully saturated rings. The SMILES string of the molecule is CCc1c(NC(=O)[C@H]2CCC(=O)N2)cnn1-c1cccc(Cl)c1. The van der Waals surface area contributed by atoms with Crippen molar-refractivity contribution >= 4 is 29.1 Å². The van der Waals surface area contributed by atoms with Gasteiger partial charge in [-0.15, -0.1) is 0 Å². The summed E-state index contributed by atoms with van der Waals surface area (Å²) in [6.07, 6.45) is 3.22. The fourth-order valence-corrected chi connectivity index (χ4v) is 2.86. The largest absolute Gasteiger partial charge is 0.344 e. The van der Waals surface area contributed by atoms with Crippen molar-refractivity contribution in [2.24, 2.45) is 0 Å². The molecule has 1 aromatic heterocycles. The Labute approximate surface area is 138 Å². The molecule has 23 heavy (non-hydrogen) atoms. The number of nitrogens with one attached hydrogen (secondary N) is 2. The van der Waals surface area contributed by atoms with Gasteiger partial charge in [-0.05, 0) is 31.0 Å². The van der Waals surface area contributed by atoms with Crippen LogP contribution in [0.15, 0.2) is 30.5 Å². The molecule has 3 rings (SSSR count). The molecule has 0 saturated carbocycles. The number of carbonyl (C=O) groups excluding carboxylic acids is 2. The van der Waals surface area contributed by atoms with Crippen LogP contribution in [-0.2, 0) is 16.0 Å². The highest BCUT2D eigenvalue weighted by Crippen LogP contribution is 2.22. The highest BCUT2D eigenvalue weighted by molar-refractivity contribution is 6.30. The van der Waals surface area contributed by atoms with Gasteiger partial charge in [-0.2, -0.15) is 5.10 Å². The molecule has 2 amide bonds.